The van der Waals surface area contributed by atoms with E-state index in [9.17, 15) is 0 Å². The van der Waals surface area contributed by atoms with Gasteiger partial charge in [0.2, 0.25) is 5.95 Å². The second-order valence-corrected chi connectivity index (χ2v) is 24.0. The summed E-state index contributed by atoms with van der Waals surface area (Å²) < 4.78 is 9.31. The maximum Gasteiger partial charge on any atom is 0.238 e. The van der Waals surface area contributed by atoms with E-state index in [-0.39, 0.29) is 0 Å². The van der Waals surface area contributed by atoms with Crippen molar-refractivity contribution in [2.75, 3.05) is 0 Å². The standard InChI is InChI=1S/C85H53N9/c1-4-21-56(22-5-1)83-88-84(90-85(89-83)94-78-40-17-11-30-64(78)68-34-20-36-70(82(68)94)74-51-80-72(53-87-74)66-32-13-15-38-76(66)92(80)61-27-8-3-9-28-61)57-43-41-54(42-44-57)58-23-18-24-59(49-58)55-45-47-62(48-46-55)93-77-39-16-10-29-63(77)67-33-19-35-69(81(67)93)73-50-79-71(52-86-73)65-31-12-14-37-75(65)91(79)60-25-6-2-7-26-60/h1-53H. The van der Waals surface area contributed by atoms with Crippen LogP contribution in [0.15, 0.2) is 322 Å². The van der Waals surface area contributed by atoms with E-state index in [1.807, 2.05) is 24.4 Å². The summed E-state index contributed by atoms with van der Waals surface area (Å²) in [6.45, 7) is 0. The van der Waals surface area contributed by atoms with Crippen LogP contribution in [0.3, 0.4) is 0 Å². The van der Waals surface area contributed by atoms with E-state index >= 15 is 0 Å². The van der Waals surface area contributed by atoms with Crippen molar-refractivity contribution in [3.05, 3.63) is 322 Å². The molecule has 0 bridgehead atoms. The fourth-order valence-corrected chi connectivity index (χ4v) is 14.5. The first-order valence-electron chi connectivity index (χ1n) is 31.7. The van der Waals surface area contributed by atoms with Crippen LogP contribution in [-0.2, 0) is 0 Å². The number of aromatic nitrogens is 9. The van der Waals surface area contributed by atoms with Crippen molar-refractivity contribution in [3.8, 4) is 90.6 Å². The Balaban J connectivity index is 0.683. The van der Waals surface area contributed by atoms with E-state index in [1.165, 1.54) is 16.2 Å². The van der Waals surface area contributed by atoms with E-state index in [0.29, 0.717) is 17.6 Å². The van der Waals surface area contributed by atoms with Crippen molar-refractivity contribution in [1.29, 1.82) is 0 Å². The molecular formula is C85H53N9. The fourth-order valence-electron chi connectivity index (χ4n) is 14.5. The molecule has 0 radical (unpaired) electrons. The third-order valence-corrected chi connectivity index (χ3v) is 18.7. The van der Waals surface area contributed by atoms with Crippen LogP contribution in [-0.4, -0.2) is 43.2 Å². The van der Waals surface area contributed by atoms with Crippen LogP contribution >= 0.6 is 0 Å². The quantitative estimate of drug-likeness (QED) is 0.136. The summed E-state index contributed by atoms with van der Waals surface area (Å²) in [5, 5.41) is 9.09. The van der Waals surface area contributed by atoms with E-state index in [4.69, 9.17) is 24.9 Å². The summed E-state index contributed by atoms with van der Waals surface area (Å²) >= 11 is 0. The van der Waals surface area contributed by atoms with Crippen LogP contribution in [0.1, 0.15) is 0 Å². The highest BCUT2D eigenvalue weighted by Gasteiger charge is 2.24. The SMILES string of the molecule is c1ccc(-c2nc(-c3ccc(-c4cccc(-c5ccc(-n6c7ccccc7c7cccc(-c8cc9c(cn8)c8ccccc8n9-c8ccccc8)c76)cc5)c4)cc3)nc(-n3c4ccccc4c4cccc(-c5cc6c(cn5)c5ccccc5n6-c5ccccc5)c43)n2)cc1. The first-order valence-corrected chi connectivity index (χ1v) is 31.7. The minimum absolute atomic E-state index is 0.515. The Labute approximate surface area is 539 Å². The van der Waals surface area contributed by atoms with Gasteiger partial charge >= 0.3 is 0 Å². The molecule has 0 unspecified atom stereocenters. The zero-order valence-electron chi connectivity index (χ0n) is 50.6. The Morgan fingerprint density at radius 2 is 0.564 bits per heavy atom. The molecule has 19 rings (SSSR count). The number of hydrogen-bond donors (Lipinski definition) is 0. The molecule has 0 aliphatic rings. The second kappa shape index (κ2) is 21.4. The van der Waals surface area contributed by atoms with Gasteiger partial charge in [0.15, 0.2) is 11.6 Å². The lowest BCUT2D eigenvalue weighted by Crippen LogP contribution is -2.07. The highest BCUT2D eigenvalue weighted by atomic mass is 15.2. The molecule has 0 fully saturated rings. The molecule has 0 atom stereocenters. The number of rotatable bonds is 10. The van der Waals surface area contributed by atoms with Gasteiger partial charge in [-0.2, -0.15) is 9.97 Å². The van der Waals surface area contributed by atoms with Gasteiger partial charge in [0.05, 0.1) is 55.5 Å². The predicted molar refractivity (Wildman–Crippen MR) is 385 cm³/mol. The van der Waals surface area contributed by atoms with Gasteiger partial charge in [0.25, 0.3) is 0 Å². The summed E-state index contributed by atoms with van der Waals surface area (Å²) in [7, 11) is 0. The van der Waals surface area contributed by atoms with Gasteiger partial charge in [-0.15, -0.1) is 0 Å². The molecule has 0 spiro atoms. The molecule has 7 heterocycles. The summed E-state index contributed by atoms with van der Waals surface area (Å²) in [4.78, 5) is 26.5. The summed E-state index contributed by atoms with van der Waals surface area (Å²) in [6, 6.07) is 110. The van der Waals surface area contributed by atoms with E-state index in [0.717, 1.165) is 144 Å². The molecule has 0 saturated heterocycles. The van der Waals surface area contributed by atoms with Crippen molar-refractivity contribution >= 4 is 87.2 Å². The van der Waals surface area contributed by atoms with Gasteiger partial charge in [-0.25, -0.2) is 4.98 Å². The molecular weight excluding hydrogens is 1150 g/mol. The second-order valence-electron chi connectivity index (χ2n) is 24.0. The molecule has 0 N–H and O–H groups in total. The number of hydrogen-bond acceptors (Lipinski definition) is 5. The first kappa shape index (κ1) is 53.0. The Morgan fingerprint density at radius 1 is 0.213 bits per heavy atom. The molecule has 94 heavy (non-hydrogen) atoms. The number of para-hydroxylation sites is 8. The van der Waals surface area contributed by atoms with Crippen molar-refractivity contribution in [2.24, 2.45) is 0 Å². The van der Waals surface area contributed by atoms with Crippen LogP contribution in [0.2, 0.25) is 0 Å². The third-order valence-electron chi connectivity index (χ3n) is 18.7. The first-order chi connectivity index (χ1) is 46.6. The fraction of sp³-hybridized carbons (Fsp3) is 0. The number of fused-ring (bicyclic) bond motifs is 12. The van der Waals surface area contributed by atoms with Gasteiger partial charge in [-0.1, -0.05) is 231 Å². The Kier molecular flexibility index (Phi) is 12.1. The summed E-state index contributed by atoms with van der Waals surface area (Å²) in [6.07, 6.45) is 4.08. The van der Waals surface area contributed by atoms with Crippen LogP contribution in [0, 0.1) is 0 Å². The monoisotopic (exact) mass is 1200 g/mol. The lowest BCUT2D eigenvalue weighted by atomic mass is 9.98. The molecule has 0 saturated carbocycles. The van der Waals surface area contributed by atoms with Crippen LogP contribution in [0.5, 0.6) is 0 Å². The molecule has 9 heteroatoms. The van der Waals surface area contributed by atoms with Crippen molar-refractivity contribution in [3.63, 3.8) is 0 Å². The highest BCUT2D eigenvalue weighted by molar-refractivity contribution is 6.17. The maximum atomic E-state index is 5.42. The molecule has 7 aromatic heterocycles. The maximum absolute atomic E-state index is 5.42. The molecule has 9 nitrogen and oxygen atoms in total. The minimum atomic E-state index is 0.515. The van der Waals surface area contributed by atoms with Gasteiger partial charge in [0.1, 0.15) is 0 Å². The normalized spacial score (nSPS) is 11.8. The average molecular weight is 1200 g/mol. The van der Waals surface area contributed by atoms with Gasteiger partial charge < -0.3 is 13.7 Å². The molecule has 0 aliphatic carbocycles. The summed E-state index contributed by atoms with van der Waals surface area (Å²) in [5.74, 6) is 1.66. The zero-order valence-corrected chi connectivity index (χ0v) is 50.6. The Morgan fingerprint density at radius 3 is 1.06 bits per heavy atom. The largest absolute Gasteiger partial charge is 0.309 e. The summed E-state index contributed by atoms with van der Waals surface area (Å²) in [5.41, 5.74) is 22.0. The minimum Gasteiger partial charge on any atom is -0.309 e. The lowest BCUT2D eigenvalue weighted by Gasteiger charge is -2.14. The van der Waals surface area contributed by atoms with Crippen LogP contribution < -0.4 is 0 Å². The van der Waals surface area contributed by atoms with Gasteiger partial charge in [-0.05, 0) is 101 Å². The topological polar surface area (TPSA) is 84.2 Å². The number of pyridine rings is 2. The third kappa shape index (κ3) is 8.45. The van der Waals surface area contributed by atoms with Crippen molar-refractivity contribution in [1.82, 2.24) is 43.2 Å². The lowest BCUT2D eigenvalue weighted by molar-refractivity contribution is 0.953. The van der Waals surface area contributed by atoms with Crippen LogP contribution in [0.4, 0.5) is 0 Å². The van der Waals surface area contributed by atoms with Gasteiger partial charge in [-0.3, -0.25) is 14.5 Å². The Bertz CT molecular complexity index is 6200. The highest BCUT2D eigenvalue weighted by Crippen LogP contribution is 2.43. The molecule has 0 amide bonds. The van der Waals surface area contributed by atoms with Crippen LogP contribution in [0.25, 0.3) is 178 Å². The zero-order chi connectivity index (χ0) is 61.8. The smallest absolute Gasteiger partial charge is 0.238 e. The van der Waals surface area contributed by atoms with E-state index < -0.39 is 0 Å². The van der Waals surface area contributed by atoms with Gasteiger partial charge in [0, 0.05) is 94.8 Å². The van der Waals surface area contributed by atoms with Crippen molar-refractivity contribution < 1.29 is 0 Å². The number of nitrogens with zero attached hydrogens (tertiary/aromatic N) is 9. The van der Waals surface area contributed by atoms with Crippen molar-refractivity contribution in [2.45, 2.75) is 0 Å². The molecule has 438 valence electrons. The van der Waals surface area contributed by atoms with E-state index in [2.05, 4.69) is 316 Å². The molecule has 19 aromatic rings. The number of benzene rings is 12. The Hall–Kier alpha value is -12.9. The predicted octanol–water partition coefficient (Wildman–Crippen LogP) is 21.1. The van der Waals surface area contributed by atoms with E-state index in [1.54, 1.807) is 0 Å². The molecule has 12 aromatic carbocycles. The average Bonchev–Trinajstić information content (AvgIpc) is 1.58. The molecule has 0 aliphatic heterocycles.